The van der Waals surface area contributed by atoms with Crippen LogP contribution in [-0.4, -0.2) is 40.7 Å². The minimum atomic E-state index is -0.354. The van der Waals surface area contributed by atoms with Crippen LogP contribution in [0.4, 0.5) is 10.1 Å². The zero-order chi connectivity index (χ0) is 25.5. The van der Waals surface area contributed by atoms with Crippen molar-refractivity contribution in [1.82, 2.24) is 34.8 Å². The number of carbonyl (C=O) groups is 1. The fourth-order valence-corrected chi connectivity index (χ4v) is 4.20. The number of nitrogen functional groups attached to an aromatic ring is 1. The highest BCUT2D eigenvalue weighted by atomic mass is 19.1. The van der Waals surface area contributed by atoms with Gasteiger partial charge in [0.2, 0.25) is 5.91 Å². The van der Waals surface area contributed by atoms with Gasteiger partial charge < -0.3 is 11.2 Å². The molecule has 1 amide bonds. The summed E-state index contributed by atoms with van der Waals surface area (Å²) in [4.78, 5) is 29.6. The number of aromatic amines is 1. The molecule has 0 bridgehead atoms. The van der Waals surface area contributed by atoms with E-state index in [1.807, 2.05) is 12.1 Å². The van der Waals surface area contributed by atoms with E-state index in [0.29, 0.717) is 56.8 Å². The lowest BCUT2D eigenvalue weighted by atomic mass is 10.1. The molecule has 6 aromatic rings. The molecule has 0 radical (unpaired) electrons. The fourth-order valence-electron chi connectivity index (χ4n) is 4.20. The highest BCUT2D eigenvalue weighted by molar-refractivity contribution is 5.97. The normalized spacial score (nSPS) is 11.3. The fraction of sp³-hybridized carbons (Fsp3) is 0.0769. The summed E-state index contributed by atoms with van der Waals surface area (Å²) in [7, 11) is 0. The highest BCUT2D eigenvalue weighted by Gasteiger charge is 2.20. The van der Waals surface area contributed by atoms with Crippen LogP contribution in [0.1, 0.15) is 13.3 Å². The van der Waals surface area contributed by atoms with Gasteiger partial charge in [0, 0.05) is 41.7 Å². The Kier molecular flexibility index (Phi) is 5.29. The number of benzene rings is 1. The Morgan fingerprint density at radius 3 is 2.73 bits per heavy atom. The van der Waals surface area contributed by atoms with Crippen molar-refractivity contribution in [3.63, 3.8) is 0 Å². The molecule has 1 aromatic carbocycles. The number of hydrogen-bond donors (Lipinski definition) is 3. The smallest absolute Gasteiger partial charge is 0.224 e. The Morgan fingerprint density at radius 2 is 1.89 bits per heavy atom. The number of aromatic nitrogens is 7. The van der Waals surface area contributed by atoms with E-state index >= 15 is 0 Å². The molecule has 182 valence electrons. The molecule has 11 heteroatoms. The second-order valence-corrected chi connectivity index (χ2v) is 8.43. The van der Waals surface area contributed by atoms with Crippen LogP contribution in [0.25, 0.3) is 55.8 Å². The largest absolute Gasteiger partial charge is 0.337 e. The van der Waals surface area contributed by atoms with Crippen LogP contribution >= 0.6 is 0 Å². The molecule has 37 heavy (non-hydrogen) atoms. The molecule has 0 saturated carbocycles. The molecule has 0 spiro atoms. The zero-order valence-corrected chi connectivity index (χ0v) is 19.6. The van der Waals surface area contributed by atoms with Crippen LogP contribution in [0.3, 0.4) is 0 Å². The van der Waals surface area contributed by atoms with Crippen molar-refractivity contribution in [3.05, 3.63) is 73.2 Å². The predicted molar refractivity (Wildman–Crippen MR) is 138 cm³/mol. The molecule has 6 rings (SSSR count). The summed E-state index contributed by atoms with van der Waals surface area (Å²) < 4.78 is 15.3. The predicted octanol–water partition coefficient (Wildman–Crippen LogP) is 4.30. The summed E-state index contributed by atoms with van der Waals surface area (Å²) in [6.45, 7) is 1.78. The number of fused-ring (bicyclic) bond motifs is 2. The first-order chi connectivity index (χ1) is 18.0. The lowest BCUT2D eigenvalue weighted by molar-refractivity contribution is -0.115. The maximum Gasteiger partial charge on any atom is 0.224 e. The number of nitrogens with two attached hydrogens (primary N) is 1. The monoisotopic (exact) mass is 493 g/mol. The zero-order valence-electron chi connectivity index (χ0n) is 19.6. The van der Waals surface area contributed by atoms with E-state index in [9.17, 15) is 9.18 Å². The second kappa shape index (κ2) is 8.79. The summed E-state index contributed by atoms with van der Waals surface area (Å²) in [6, 6.07) is 9.98. The van der Waals surface area contributed by atoms with Crippen LogP contribution in [0.5, 0.6) is 0 Å². The van der Waals surface area contributed by atoms with E-state index < -0.39 is 0 Å². The molecule has 0 fully saturated rings. The van der Waals surface area contributed by atoms with Gasteiger partial charge in [-0.05, 0) is 29.8 Å². The average Bonchev–Trinajstić information content (AvgIpc) is 3.49. The van der Waals surface area contributed by atoms with Gasteiger partial charge >= 0.3 is 0 Å². The standard InChI is InChI=1S/C26H20FN9O/c1-2-22(37)32-18-7-15(9-29-11-18)16-8-19-24(34-35-25(19)31-10-16)26-33-23-20(12-30-13-21(23)36(26)28)14-4-3-5-17(27)6-14/h3-13H,2,28H2,1H3,(H,32,37)(H,31,34,35). The van der Waals surface area contributed by atoms with Crippen LogP contribution in [0.15, 0.2) is 67.4 Å². The lowest BCUT2D eigenvalue weighted by Gasteiger charge is -2.06. The maximum absolute atomic E-state index is 13.9. The summed E-state index contributed by atoms with van der Waals surface area (Å²) in [6.07, 6.45) is 8.58. The molecular weight excluding hydrogens is 473 g/mol. The number of pyridine rings is 3. The van der Waals surface area contributed by atoms with Crippen molar-refractivity contribution in [1.29, 1.82) is 0 Å². The first-order valence-electron chi connectivity index (χ1n) is 11.5. The van der Waals surface area contributed by atoms with Crippen LogP contribution < -0.4 is 11.2 Å². The molecule has 10 nitrogen and oxygen atoms in total. The van der Waals surface area contributed by atoms with Crippen molar-refractivity contribution < 1.29 is 9.18 Å². The minimum absolute atomic E-state index is 0.0985. The van der Waals surface area contributed by atoms with E-state index in [0.717, 1.165) is 11.1 Å². The van der Waals surface area contributed by atoms with Gasteiger partial charge in [-0.2, -0.15) is 5.10 Å². The van der Waals surface area contributed by atoms with Crippen molar-refractivity contribution in [2.45, 2.75) is 13.3 Å². The third kappa shape index (κ3) is 3.92. The number of hydrogen-bond acceptors (Lipinski definition) is 7. The van der Waals surface area contributed by atoms with Crippen molar-refractivity contribution in [3.8, 4) is 33.8 Å². The number of carbonyl (C=O) groups excluding carboxylic acids is 1. The van der Waals surface area contributed by atoms with E-state index in [-0.39, 0.29) is 11.7 Å². The average molecular weight is 494 g/mol. The topological polar surface area (TPSA) is 140 Å². The Morgan fingerprint density at radius 1 is 1.05 bits per heavy atom. The van der Waals surface area contributed by atoms with Crippen LogP contribution in [0, 0.1) is 5.82 Å². The summed E-state index contributed by atoms with van der Waals surface area (Å²) >= 11 is 0. The third-order valence-electron chi connectivity index (χ3n) is 6.05. The Bertz CT molecular complexity index is 1810. The number of nitrogens with one attached hydrogen (secondary N) is 2. The minimum Gasteiger partial charge on any atom is -0.337 e. The van der Waals surface area contributed by atoms with Crippen LogP contribution in [-0.2, 0) is 4.79 Å². The molecule has 0 saturated heterocycles. The highest BCUT2D eigenvalue weighted by Crippen LogP contribution is 2.33. The number of H-pyrrole nitrogens is 1. The van der Waals surface area contributed by atoms with Crippen molar-refractivity contribution in [2.24, 2.45) is 0 Å². The van der Waals surface area contributed by atoms with Gasteiger partial charge in [0.05, 0.1) is 23.5 Å². The molecule has 0 atom stereocenters. The Labute approximate surface area is 209 Å². The summed E-state index contributed by atoms with van der Waals surface area (Å²) in [5, 5.41) is 10.8. The number of anilines is 1. The molecule has 5 heterocycles. The number of halogens is 1. The SMILES string of the molecule is CCC(=O)Nc1cncc(-c2cnc3n[nH]c(-c4nc5c(-c6cccc(F)c6)cncc5n4N)c3c2)c1. The van der Waals surface area contributed by atoms with Gasteiger partial charge in [0.15, 0.2) is 11.5 Å². The van der Waals surface area contributed by atoms with E-state index in [4.69, 9.17) is 10.8 Å². The lowest BCUT2D eigenvalue weighted by Crippen LogP contribution is -2.10. The van der Waals surface area contributed by atoms with Gasteiger partial charge in [-0.1, -0.05) is 19.1 Å². The summed E-state index contributed by atoms with van der Waals surface area (Å²) in [5.41, 5.74) is 5.64. The molecule has 5 aromatic heterocycles. The number of rotatable bonds is 5. The van der Waals surface area contributed by atoms with Crippen molar-refractivity contribution >= 4 is 33.7 Å². The molecular formula is C26H20FN9O. The van der Waals surface area contributed by atoms with E-state index in [2.05, 4.69) is 30.5 Å². The van der Waals surface area contributed by atoms with Gasteiger partial charge in [-0.3, -0.25) is 19.9 Å². The van der Waals surface area contributed by atoms with E-state index in [1.54, 1.807) is 50.0 Å². The quantitative estimate of drug-likeness (QED) is 0.304. The number of imidazole rings is 1. The van der Waals surface area contributed by atoms with Gasteiger partial charge in [0.1, 0.15) is 22.5 Å². The first kappa shape index (κ1) is 22.3. The van der Waals surface area contributed by atoms with E-state index in [1.165, 1.54) is 16.8 Å². The number of amides is 1. The molecule has 0 aliphatic rings. The molecule has 0 unspecified atom stereocenters. The van der Waals surface area contributed by atoms with Gasteiger partial charge in [0.25, 0.3) is 0 Å². The number of nitrogens with zero attached hydrogens (tertiary/aromatic N) is 6. The summed E-state index contributed by atoms with van der Waals surface area (Å²) in [5.74, 6) is 6.42. The Hall–Kier alpha value is -5.19. The molecule has 4 N–H and O–H groups in total. The van der Waals surface area contributed by atoms with Crippen LogP contribution in [0.2, 0.25) is 0 Å². The molecule has 0 aliphatic carbocycles. The second-order valence-electron chi connectivity index (χ2n) is 8.43. The molecule has 0 aliphatic heterocycles. The van der Waals surface area contributed by atoms with Crippen molar-refractivity contribution in [2.75, 3.05) is 11.2 Å². The van der Waals surface area contributed by atoms with Gasteiger partial charge in [-0.15, -0.1) is 0 Å². The maximum atomic E-state index is 13.9. The van der Waals surface area contributed by atoms with Gasteiger partial charge in [-0.25, -0.2) is 19.0 Å². The Balaban J connectivity index is 1.47. The first-order valence-corrected chi connectivity index (χ1v) is 11.5. The third-order valence-corrected chi connectivity index (χ3v) is 6.05.